The van der Waals surface area contributed by atoms with E-state index in [-0.39, 0.29) is 11.0 Å². The van der Waals surface area contributed by atoms with Crippen LogP contribution in [-0.2, 0) is 6.54 Å². The minimum Gasteiger partial charge on any atom is -0.268 e. The van der Waals surface area contributed by atoms with Crippen molar-refractivity contribution in [2.24, 2.45) is 5.41 Å². The molecule has 0 amide bonds. The van der Waals surface area contributed by atoms with Crippen molar-refractivity contribution in [3.8, 4) is 6.07 Å². The SMILES string of the molecule is Cc1ccc(=O)n(CCCC(C)(C)C#N)n1. The highest BCUT2D eigenvalue weighted by Gasteiger charge is 2.15. The van der Waals surface area contributed by atoms with Gasteiger partial charge < -0.3 is 0 Å². The Bertz CT molecular complexity index is 454. The molecule has 0 bridgehead atoms. The average molecular weight is 219 g/mol. The number of aryl methyl sites for hydroxylation is 2. The van der Waals surface area contributed by atoms with Crippen LogP contribution in [0.2, 0.25) is 0 Å². The van der Waals surface area contributed by atoms with Gasteiger partial charge in [0.1, 0.15) is 0 Å². The van der Waals surface area contributed by atoms with Gasteiger partial charge in [0.25, 0.3) is 5.56 Å². The second-order valence-electron chi connectivity index (χ2n) is 4.64. The summed E-state index contributed by atoms with van der Waals surface area (Å²) in [5.41, 5.74) is 0.424. The molecule has 0 aliphatic carbocycles. The molecule has 0 aromatic carbocycles. The normalized spacial score (nSPS) is 11.1. The number of hydrogen-bond acceptors (Lipinski definition) is 3. The molecule has 1 rings (SSSR count). The molecule has 4 nitrogen and oxygen atoms in total. The van der Waals surface area contributed by atoms with Gasteiger partial charge in [0.15, 0.2) is 0 Å². The molecule has 1 aromatic rings. The van der Waals surface area contributed by atoms with Gasteiger partial charge in [-0.2, -0.15) is 10.4 Å². The van der Waals surface area contributed by atoms with Gasteiger partial charge in [-0.3, -0.25) is 4.79 Å². The van der Waals surface area contributed by atoms with Gasteiger partial charge in [0, 0.05) is 12.6 Å². The fourth-order valence-electron chi connectivity index (χ4n) is 1.44. The summed E-state index contributed by atoms with van der Waals surface area (Å²) in [5.74, 6) is 0. The molecule has 0 saturated carbocycles. The van der Waals surface area contributed by atoms with E-state index in [9.17, 15) is 4.79 Å². The fraction of sp³-hybridized carbons (Fsp3) is 0.583. The molecule has 0 radical (unpaired) electrons. The zero-order chi connectivity index (χ0) is 12.2. The molecule has 0 unspecified atom stereocenters. The molecule has 4 heteroatoms. The van der Waals surface area contributed by atoms with Crippen molar-refractivity contribution in [1.82, 2.24) is 9.78 Å². The van der Waals surface area contributed by atoms with E-state index < -0.39 is 0 Å². The second kappa shape index (κ2) is 4.93. The topological polar surface area (TPSA) is 58.7 Å². The van der Waals surface area contributed by atoms with Crippen LogP contribution in [0.4, 0.5) is 0 Å². The highest BCUT2D eigenvalue weighted by Crippen LogP contribution is 2.20. The van der Waals surface area contributed by atoms with Crippen LogP contribution in [0.1, 0.15) is 32.4 Å². The van der Waals surface area contributed by atoms with Crippen molar-refractivity contribution >= 4 is 0 Å². The summed E-state index contributed by atoms with van der Waals surface area (Å²) in [7, 11) is 0. The van der Waals surface area contributed by atoms with E-state index in [0.717, 1.165) is 18.5 Å². The molecule has 0 saturated heterocycles. The molecule has 0 aliphatic rings. The van der Waals surface area contributed by atoms with Gasteiger partial charge in [0.2, 0.25) is 0 Å². The monoisotopic (exact) mass is 219 g/mol. The van der Waals surface area contributed by atoms with E-state index in [1.807, 2.05) is 20.8 Å². The average Bonchev–Trinajstić information content (AvgIpc) is 2.23. The maximum Gasteiger partial charge on any atom is 0.266 e. The molecule has 1 heterocycles. The Morgan fingerprint density at radius 2 is 2.19 bits per heavy atom. The minimum atomic E-state index is -0.326. The number of nitriles is 1. The van der Waals surface area contributed by atoms with Crippen molar-refractivity contribution in [2.75, 3.05) is 0 Å². The van der Waals surface area contributed by atoms with Gasteiger partial charge in [-0.25, -0.2) is 4.68 Å². The lowest BCUT2D eigenvalue weighted by atomic mass is 9.90. The molecule has 0 aliphatic heterocycles. The first-order chi connectivity index (χ1) is 7.44. The largest absolute Gasteiger partial charge is 0.268 e. The quantitative estimate of drug-likeness (QED) is 0.776. The highest BCUT2D eigenvalue weighted by molar-refractivity contribution is 4.97. The number of rotatable bonds is 4. The predicted molar refractivity (Wildman–Crippen MR) is 61.9 cm³/mol. The highest BCUT2D eigenvalue weighted by atomic mass is 16.1. The zero-order valence-electron chi connectivity index (χ0n) is 10.0. The van der Waals surface area contributed by atoms with Crippen LogP contribution in [0.3, 0.4) is 0 Å². The summed E-state index contributed by atoms with van der Waals surface area (Å²) in [5, 5.41) is 13.0. The Morgan fingerprint density at radius 1 is 1.50 bits per heavy atom. The first-order valence-electron chi connectivity index (χ1n) is 5.41. The van der Waals surface area contributed by atoms with E-state index in [4.69, 9.17) is 5.26 Å². The van der Waals surface area contributed by atoms with Gasteiger partial charge in [-0.1, -0.05) is 0 Å². The Labute approximate surface area is 95.5 Å². The third kappa shape index (κ3) is 3.50. The molecule has 0 atom stereocenters. The zero-order valence-corrected chi connectivity index (χ0v) is 10.0. The van der Waals surface area contributed by atoms with E-state index in [2.05, 4.69) is 11.2 Å². The van der Waals surface area contributed by atoms with Crippen molar-refractivity contribution in [3.05, 3.63) is 28.2 Å². The van der Waals surface area contributed by atoms with Crippen LogP contribution in [-0.4, -0.2) is 9.78 Å². The van der Waals surface area contributed by atoms with E-state index in [0.29, 0.717) is 6.54 Å². The van der Waals surface area contributed by atoms with Crippen LogP contribution in [0.25, 0.3) is 0 Å². The van der Waals surface area contributed by atoms with Crippen molar-refractivity contribution in [2.45, 2.75) is 40.2 Å². The van der Waals surface area contributed by atoms with Crippen LogP contribution in [0.5, 0.6) is 0 Å². The van der Waals surface area contributed by atoms with Crippen LogP contribution < -0.4 is 5.56 Å². The van der Waals surface area contributed by atoms with Gasteiger partial charge >= 0.3 is 0 Å². The van der Waals surface area contributed by atoms with Crippen LogP contribution in [0, 0.1) is 23.7 Å². The summed E-state index contributed by atoms with van der Waals surface area (Å²) < 4.78 is 1.46. The predicted octanol–water partition coefficient (Wildman–Crippen LogP) is 1.88. The van der Waals surface area contributed by atoms with Gasteiger partial charge in [-0.15, -0.1) is 0 Å². The lowest BCUT2D eigenvalue weighted by Gasteiger charge is -2.14. The maximum absolute atomic E-state index is 11.4. The summed E-state index contributed by atoms with van der Waals surface area (Å²) in [6, 6.07) is 5.48. The van der Waals surface area contributed by atoms with Crippen LogP contribution >= 0.6 is 0 Å². The molecule has 0 fully saturated rings. The van der Waals surface area contributed by atoms with Crippen LogP contribution in [0.15, 0.2) is 16.9 Å². The third-order valence-electron chi connectivity index (χ3n) is 2.47. The van der Waals surface area contributed by atoms with E-state index in [1.54, 1.807) is 6.07 Å². The lowest BCUT2D eigenvalue weighted by Crippen LogP contribution is -2.23. The molecule has 86 valence electrons. The van der Waals surface area contributed by atoms with Crippen molar-refractivity contribution in [1.29, 1.82) is 5.26 Å². The number of aromatic nitrogens is 2. The number of hydrogen-bond donors (Lipinski definition) is 0. The third-order valence-corrected chi connectivity index (χ3v) is 2.47. The standard InChI is InChI=1S/C12H17N3O/c1-10-5-6-11(16)15(14-10)8-4-7-12(2,3)9-13/h5-6H,4,7-8H2,1-3H3. The summed E-state index contributed by atoms with van der Waals surface area (Å²) in [6.45, 7) is 6.24. The Kier molecular flexibility index (Phi) is 3.83. The summed E-state index contributed by atoms with van der Waals surface area (Å²) in [4.78, 5) is 11.4. The molecule has 0 N–H and O–H groups in total. The fourth-order valence-corrected chi connectivity index (χ4v) is 1.44. The van der Waals surface area contributed by atoms with Gasteiger partial charge in [-0.05, 0) is 39.7 Å². The molecular weight excluding hydrogens is 202 g/mol. The Morgan fingerprint density at radius 3 is 2.81 bits per heavy atom. The summed E-state index contributed by atoms with van der Waals surface area (Å²) >= 11 is 0. The first kappa shape index (κ1) is 12.4. The van der Waals surface area contributed by atoms with Crippen molar-refractivity contribution in [3.63, 3.8) is 0 Å². The molecule has 0 spiro atoms. The minimum absolute atomic E-state index is 0.0830. The molecule has 16 heavy (non-hydrogen) atoms. The molecule has 1 aromatic heterocycles. The summed E-state index contributed by atoms with van der Waals surface area (Å²) in [6.07, 6.45) is 1.56. The van der Waals surface area contributed by atoms with Gasteiger partial charge in [0.05, 0.1) is 17.2 Å². The molecular formula is C12H17N3O. The smallest absolute Gasteiger partial charge is 0.266 e. The maximum atomic E-state index is 11.4. The van der Waals surface area contributed by atoms with Crippen molar-refractivity contribution < 1.29 is 0 Å². The Hall–Kier alpha value is -1.63. The second-order valence-corrected chi connectivity index (χ2v) is 4.64. The van der Waals surface area contributed by atoms with E-state index >= 15 is 0 Å². The Balaban J connectivity index is 2.60. The first-order valence-corrected chi connectivity index (χ1v) is 5.41. The van der Waals surface area contributed by atoms with E-state index in [1.165, 1.54) is 10.7 Å². The lowest BCUT2D eigenvalue weighted by molar-refractivity contribution is 0.401. The number of nitrogens with zero attached hydrogens (tertiary/aromatic N) is 3.